The Morgan fingerprint density at radius 3 is 2.31 bits per heavy atom. The number of anilines is 1. The van der Waals surface area contributed by atoms with Crippen LogP contribution in [0, 0.1) is 5.92 Å². The lowest BCUT2D eigenvalue weighted by molar-refractivity contribution is -0.174. The van der Waals surface area contributed by atoms with Crippen LogP contribution in [0.25, 0.3) is 6.08 Å². The van der Waals surface area contributed by atoms with Crippen molar-refractivity contribution < 1.29 is 41.8 Å². The number of allylic oxidation sites excluding steroid dienone is 1. The number of nitrogens with zero attached hydrogens (tertiary/aromatic N) is 1. The van der Waals surface area contributed by atoms with E-state index in [0.29, 0.717) is 30.1 Å². The number of aldehydes is 1. The number of carbonyl (C=O) groups is 3. The largest absolute Gasteiger partial charge is 0.497 e. The summed E-state index contributed by atoms with van der Waals surface area (Å²) < 4.78 is 58.9. The van der Waals surface area contributed by atoms with Crippen molar-refractivity contribution >= 4 is 41.5 Å². The van der Waals surface area contributed by atoms with Crippen LogP contribution < -0.4 is 9.64 Å². The van der Waals surface area contributed by atoms with Gasteiger partial charge in [0.25, 0.3) is 0 Å². The monoisotopic (exact) mass is 683 g/mol. The van der Waals surface area contributed by atoms with Gasteiger partial charge in [-0.1, -0.05) is 60.5 Å². The molecule has 1 atom stereocenters. The molecule has 254 valence electrons. The zero-order chi connectivity index (χ0) is 34.7. The van der Waals surface area contributed by atoms with Gasteiger partial charge in [0.2, 0.25) is 0 Å². The number of alkyl halides is 3. The van der Waals surface area contributed by atoms with Gasteiger partial charge in [0, 0.05) is 28.3 Å². The Bertz CT molecular complexity index is 1700. The fourth-order valence-electron chi connectivity index (χ4n) is 7.17. The van der Waals surface area contributed by atoms with E-state index in [2.05, 4.69) is 13.0 Å². The van der Waals surface area contributed by atoms with Crippen LogP contribution in [0.4, 0.5) is 18.9 Å². The molecule has 5 rings (SSSR count). The first-order valence-corrected chi connectivity index (χ1v) is 16.0. The van der Waals surface area contributed by atoms with Crippen LogP contribution in [0.5, 0.6) is 5.75 Å². The number of hydrogen-bond acceptors (Lipinski definition) is 6. The average Bonchev–Trinajstić information content (AvgIpc) is 3.36. The number of carbonyl (C=O) groups excluding carboxylic acids is 3. The third-order valence-electron chi connectivity index (χ3n) is 9.51. The molecule has 3 aromatic carbocycles. The third kappa shape index (κ3) is 6.87. The standard InChI is InChI=1S/C37H37ClF3NO6/c1-24(22-48-23-25-8-11-31(46-2)12-9-25)17-28-19-27-10-7-26(21-43)18-32(27)35(28)13-15-36(16-14-35,34(45)47-3)42(33(44)37(39,40)41)30-6-4-5-29(38)20-30/h4-12,18-21,24H,13-17,22-23H2,1-3H3/t24-,35?,36?/m1/s1. The molecular weight excluding hydrogens is 647 g/mol. The van der Waals surface area contributed by atoms with Gasteiger partial charge < -0.3 is 14.2 Å². The van der Waals surface area contributed by atoms with E-state index < -0.39 is 29.0 Å². The minimum absolute atomic E-state index is 0.0632. The van der Waals surface area contributed by atoms with E-state index >= 15 is 0 Å². The first-order valence-electron chi connectivity index (χ1n) is 15.6. The van der Waals surface area contributed by atoms with E-state index in [1.165, 1.54) is 24.3 Å². The lowest BCUT2D eigenvalue weighted by Crippen LogP contribution is -2.63. The van der Waals surface area contributed by atoms with E-state index in [9.17, 15) is 27.6 Å². The SMILES string of the molecule is COC(=O)C1(N(C(=O)C(F)(F)F)c2cccc(Cl)c2)CCC2(CC1)C(C[C@@H](C)COCc1ccc(OC)cc1)=Cc1ccc(C=O)cc12. The first kappa shape index (κ1) is 35.2. The number of esters is 1. The maximum absolute atomic E-state index is 14.2. The summed E-state index contributed by atoms with van der Waals surface area (Å²) in [6.45, 7) is 2.92. The van der Waals surface area contributed by atoms with Gasteiger partial charge in [-0.25, -0.2) is 4.79 Å². The van der Waals surface area contributed by atoms with E-state index in [-0.39, 0.29) is 42.3 Å². The summed E-state index contributed by atoms with van der Waals surface area (Å²) in [7, 11) is 2.71. The average molecular weight is 684 g/mol. The van der Waals surface area contributed by atoms with Crippen LogP contribution in [0.15, 0.2) is 72.3 Å². The summed E-state index contributed by atoms with van der Waals surface area (Å²) in [5.74, 6) is -2.31. The van der Waals surface area contributed by atoms with Crippen LogP contribution in [-0.2, 0) is 31.1 Å². The van der Waals surface area contributed by atoms with Crippen LogP contribution in [0.2, 0.25) is 5.02 Å². The molecule has 0 N–H and O–H groups in total. The molecule has 1 saturated carbocycles. The topological polar surface area (TPSA) is 82.1 Å². The van der Waals surface area contributed by atoms with Gasteiger partial charge in [0.15, 0.2) is 0 Å². The minimum Gasteiger partial charge on any atom is -0.497 e. The Morgan fingerprint density at radius 1 is 1.00 bits per heavy atom. The molecule has 0 saturated heterocycles. The summed E-state index contributed by atoms with van der Waals surface area (Å²) >= 11 is 6.15. The Balaban J connectivity index is 1.45. The van der Waals surface area contributed by atoms with E-state index in [1.54, 1.807) is 13.2 Å². The molecular formula is C37H37ClF3NO6. The predicted octanol–water partition coefficient (Wildman–Crippen LogP) is 8.12. The minimum atomic E-state index is -5.27. The second-order valence-corrected chi connectivity index (χ2v) is 13.0. The Morgan fingerprint density at radius 2 is 1.71 bits per heavy atom. The van der Waals surface area contributed by atoms with Crippen molar-refractivity contribution in [1.29, 1.82) is 0 Å². The van der Waals surface area contributed by atoms with Gasteiger partial charge in [-0.05, 0) is 91.1 Å². The molecule has 48 heavy (non-hydrogen) atoms. The number of fused-ring (bicyclic) bond motifs is 2. The second kappa shape index (κ2) is 14.1. The van der Waals surface area contributed by atoms with Crippen molar-refractivity contribution in [3.8, 4) is 5.75 Å². The van der Waals surface area contributed by atoms with Crippen molar-refractivity contribution in [3.63, 3.8) is 0 Å². The molecule has 0 bridgehead atoms. The maximum atomic E-state index is 14.2. The molecule has 2 aliphatic rings. The molecule has 1 fully saturated rings. The summed E-state index contributed by atoms with van der Waals surface area (Å²) in [4.78, 5) is 39.1. The number of methoxy groups -OCH3 is 2. The quantitative estimate of drug-likeness (QED) is 0.150. The van der Waals surface area contributed by atoms with Crippen LogP contribution in [-0.4, -0.2) is 50.7 Å². The van der Waals surface area contributed by atoms with Gasteiger partial charge in [-0.15, -0.1) is 0 Å². The maximum Gasteiger partial charge on any atom is 0.471 e. The number of rotatable bonds is 11. The molecule has 1 amide bonds. The summed E-state index contributed by atoms with van der Waals surface area (Å²) in [5.41, 5.74) is 1.50. The van der Waals surface area contributed by atoms with Gasteiger partial charge in [0.05, 0.1) is 20.8 Å². The summed E-state index contributed by atoms with van der Waals surface area (Å²) in [6.07, 6.45) is -1.63. The van der Waals surface area contributed by atoms with Crippen LogP contribution in [0.3, 0.4) is 0 Å². The molecule has 0 heterocycles. The highest BCUT2D eigenvalue weighted by molar-refractivity contribution is 6.31. The molecule has 1 spiro atoms. The highest BCUT2D eigenvalue weighted by atomic mass is 35.5. The van der Waals surface area contributed by atoms with Crippen molar-refractivity contribution in [2.24, 2.45) is 5.92 Å². The normalized spacial score (nSPS) is 20.9. The molecule has 3 aromatic rings. The third-order valence-corrected chi connectivity index (χ3v) is 9.74. The fourth-order valence-corrected chi connectivity index (χ4v) is 7.35. The van der Waals surface area contributed by atoms with Crippen molar-refractivity contribution in [2.75, 3.05) is 25.7 Å². The molecule has 0 radical (unpaired) electrons. The van der Waals surface area contributed by atoms with Gasteiger partial charge in [-0.2, -0.15) is 13.2 Å². The molecule has 0 aromatic heterocycles. The van der Waals surface area contributed by atoms with Gasteiger partial charge >= 0.3 is 18.1 Å². The summed E-state index contributed by atoms with van der Waals surface area (Å²) in [6, 6.07) is 18.5. The Labute approximate surface area is 282 Å². The lowest BCUT2D eigenvalue weighted by atomic mass is 9.60. The van der Waals surface area contributed by atoms with E-state index in [1.807, 2.05) is 36.4 Å². The van der Waals surface area contributed by atoms with E-state index in [4.69, 9.17) is 25.8 Å². The van der Waals surface area contributed by atoms with E-state index in [0.717, 1.165) is 41.4 Å². The Kier molecular flexibility index (Phi) is 10.4. The zero-order valence-electron chi connectivity index (χ0n) is 26.9. The number of ether oxygens (including phenoxy) is 3. The van der Waals surface area contributed by atoms with Crippen LogP contribution >= 0.6 is 11.6 Å². The number of amides is 1. The van der Waals surface area contributed by atoms with Crippen molar-refractivity contribution in [2.45, 2.75) is 62.8 Å². The number of benzene rings is 3. The molecule has 0 unspecified atom stereocenters. The highest BCUT2D eigenvalue weighted by Crippen LogP contribution is 2.56. The number of hydrogen-bond donors (Lipinski definition) is 0. The zero-order valence-corrected chi connectivity index (χ0v) is 27.7. The highest BCUT2D eigenvalue weighted by Gasteiger charge is 2.59. The van der Waals surface area contributed by atoms with Gasteiger partial charge in [-0.3, -0.25) is 14.5 Å². The van der Waals surface area contributed by atoms with Crippen LogP contribution in [0.1, 0.15) is 66.1 Å². The molecule has 7 nitrogen and oxygen atoms in total. The predicted molar refractivity (Wildman–Crippen MR) is 176 cm³/mol. The first-order chi connectivity index (χ1) is 22.9. The molecule has 0 aliphatic heterocycles. The molecule has 11 heteroatoms. The molecule has 2 aliphatic carbocycles. The fraction of sp³-hybridized carbons (Fsp3) is 0.378. The van der Waals surface area contributed by atoms with Crippen molar-refractivity contribution in [1.82, 2.24) is 0 Å². The number of halogens is 4. The smallest absolute Gasteiger partial charge is 0.471 e. The lowest BCUT2D eigenvalue weighted by Gasteiger charge is -2.50. The van der Waals surface area contributed by atoms with Crippen molar-refractivity contribution in [3.05, 3.63) is 99.6 Å². The van der Waals surface area contributed by atoms with Gasteiger partial charge in [0.1, 0.15) is 17.6 Å². The summed E-state index contributed by atoms with van der Waals surface area (Å²) in [5, 5.41) is 0.110. The second-order valence-electron chi connectivity index (χ2n) is 12.5. The Hall–Kier alpha value is -4.15.